The molecule has 3 unspecified atom stereocenters. The summed E-state index contributed by atoms with van der Waals surface area (Å²) in [5.41, 5.74) is 0.994. The molecule has 2 fully saturated rings. The average molecular weight is 261 g/mol. The Balaban J connectivity index is 1.75. The first-order chi connectivity index (χ1) is 9.19. The van der Waals surface area contributed by atoms with Crippen molar-refractivity contribution in [2.75, 3.05) is 14.2 Å². The maximum atomic E-state index is 10.6. The van der Waals surface area contributed by atoms with Gasteiger partial charge in [-0.25, -0.2) is 0 Å². The first-order valence-corrected chi connectivity index (χ1v) is 7.23. The highest BCUT2D eigenvalue weighted by atomic mass is 16.5. The normalized spacial score (nSPS) is 32.3. The second-order valence-electron chi connectivity index (χ2n) is 6.00. The standard InChI is InChI=1S/C16H23NO2/c1-17-13-6-7-14(17)9-12(8-13)16(18)11-4-3-5-15(10-11)19-2/h3-5,10,12-14,16,18H,6-9H2,1-2H3. The lowest BCUT2D eigenvalue weighted by molar-refractivity contribution is 0.0355. The molecule has 3 atom stereocenters. The number of methoxy groups -OCH3 is 1. The van der Waals surface area contributed by atoms with Crippen LogP contribution >= 0.6 is 0 Å². The van der Waals surface area contributed by atoms with E-state index in [-0.39, 0.29) is 6.10 Å². The Morgan fingerprint density at radius 1 is 1.26 bits per heavy atom. The van der Waals surface area contributed by atoms with Crippen molar-refractivity contribution in [3.63, 3.8) is 0 Å². The number of nitrogens with zero attached hydrogens (tertiary/aromatic N) is 1. The van der Waals surface area contributed by atoms with Crippen LogP contribution < -0.4 is 4.74 Å². The molecule has 3 heteroatoms. The first kappa shape index (κ1) is 12.9. The fraction of sp³-hybridized carbons (Fsp3) is 0.625. The maximum Gasteiger partial charge on any atom is 0.119 e. The second-order valence-corrected chi connectivity index (χ2v) is 6.00. The van der Waals surface area contributed by atoms with Gasteiger partial charge in [0.2, 0.25) is 0 Å². The van der Waals surface area contributed by atoms with Crippen molar-refractivity contribution in [1.29, 1.82) is 0 Å². The molecular weight excluding hydrogens is 238 g/mol. The number of benzene rings is 1. The molecule has 0 saturated carbocycles. The quantitative estimate of drug-likeness (QED) is 0.908. The molecule has 1 N–H and O–H groups in total. The monoisotopic (exact) mass is 261 g/mol. The molecule has 0 aromatic heterocycles. The van der Waals surface area contributed by atoms with Crippen molar-refractivity contribution in [2.24, 2.45) is 5.92 Å². The molecule has 2 aliphatic rings. The molecule has 2 heterocycles. The summed E-state index contributed by atoms with van der Waals surface area (Å²) in [6.07, 6.45) is 4.47. The second kappa shape index (κ2) is 5.14. The predicted octanol–water partition coefficient (Wildman–Crippen LogP) is 2.60. The number of fused-ring (bicyclic) bond motifs is 2. The number of rotatable bonds is 3. The van der Waals surface area contributed by atoms with Gasteiger partial charge in [-0.05, 0) is 56.3 Å². The smallest absolute Gasteiger partial charge is 0.119 e. The van der Waals surface area contributed by atoms with Crippen molar-refractivity contribution < 1.29 is 9.84 Å². The highest BCUT2D eigenvalue weighted by Gasteiger charge is 2.40. The SMILES string of the molecule is COc1cccc(C(O)C2CC3CCC(C2)N3C)c1. The van der Waals surface area contributed by atoms with Gasteiger partial charge in [0.25, 0.3) is 0 Å². The average Bonchev–Trinajstić information content (AvgIpc) is 2.68. The van der Waals surface area contributed by atoms with E-state index in [0.717, 1.165) is 24.2 Å². The molecule has 2 bridgehead atoms. The van der Waals surface area contributed by atoms with Crippen LogP contribution in [0.5, 0.6) is 5.75 Å². The molecule has 19 heavy (non-hydrogen) atoms. The molecule has 0 aliphatic carbocycles. The van der Waals surface area contributed by atoms with E-state index < -0.39 is 0 Å². The van der Waals surface area contributed by atoms with Crippen LogP contribution in [0.3, 0.4) is 0 Å². The minimum absolute atomic E-state index is 0.355. The van der Waals surface area contributed by atoms with Crippen LogP contribution in [-0.4, -0.2) is 36.2 Å². The Kier molecular flexibility index (Phi) is 3.50. The Morgan fingerprint density at radius 3 is 2.58 bits per heavy atom. The van der Waals surface area contributed by atoms with Crippen LogP contribution in [0.2, 0.25) is 0 Å². The van der Waals surface area contributed by atoms with E-state index in [0.29, 0.717) is 18.0 Å². The third kappa shape index (κ3) is 2.37. The van der Waals surface area contributed by atoms with Gasteiger partial charge >= 0.3 is 0 Å². The third-order valence-electron chi connectivity index (χ3n) is 5.02. The van der Waals surface area contributed by atoms with E-state index in [2.05, 4.69) is 11.9 Å². The van der Waals surface area contributed by atoms with Crippen LogP contribution in [0.25, 0.3) is 0 Å². The van der Waals surface area contributed by atoms with Gasteiger partial charge in [0, 0.05) is 12.1 Å². The Morgan fingerprint density at radius 2 is 1.95 bits per heavy atom. The van der Waals surface area contributed by atoms with E-state index in [1.54, 1.807) is 7.11 Å². The number of hydrogen-bond acceptors (Lipinski definition) is 3. The van der Waals surface area contributed by atoms with Crippen LogP contribution in [0.15, 0.2) is 24.3 Å². The molecule has 0 radical (unpaired) electrons. The molecule has 2 saturated heterocycles. The fourth-order valence-electron chi connectivity index (χ4n) is 3.81. The molecular formula is C16H23NO2. The topological polar surface area (TPSA) is 32.7 Å². The molecule has 3 rings (SSSR count). The lowest BCUT2D eigenvalue weighted by Crippen LogP contribution is -2.41. The molecule has 1 aromatic carbocycles. The molecule has 3 nitrogen and oxygen atoms in total. The number of piperidine rings is 1. The summed E-state index contributed by atoms with van der Waals surface area (Å²) < 4.78 is 5.24. The lowest BCUT2D eigenvalue weighted by atomic mass is 9.84. The Labute approximate surface area is 115 Å². The number of hydrogen-bond donors (Lipinski definition) is 1. The van der Waals surface area contributed by atoms with E-state index in [9.17, 15) is 5.11 Å². The summed E-state index contributed by atoms with van der Waals surface area (Å²) in [4.78, 5) is 2.51. The zero-order chi connectivity index (χ0) is 13.4. The Bertz CT molecular complexity index is 434. The molecule has 0 spiro atoms. The molecule has 0 amide bonds. The first-order valence-electron chi connectivity index (χ1n) is 7.23. The highest BCUT2D eigenvalue weighted by molar-refractivity contribution is 5.30. The zero-order valence-corrected chi connectivity index (χ0v) is 11.7. The largest absolute Gasteiger partial charge is 0.497 e. The van der Waals surface area contributed by atoms with Gasteiger partial charge in [0.1, 0.15) is 5.75 Å². The van der Waals surface area contributed by atoms with Gasteiger partial charge in [-0.2, -0.15) is 0 Å². The summed E-state index contributed by atoms with van der Waals surface area (Å²) in [6.45, 7) is 0. The van der Waals surface area contributed by atoms with E-state index >= 15 is 0 Å². The Hall–Kier alpha value is -1.06. The number of aliphatic hydroxyl groups excluding tert-OH is 1. The summed E-state index contributed by atoms with van der Waals surface area (Å²) in [7, 11) is 3.90. The number of ether oxygens (including phenoxy) is 1. The minimum atomic E-state index is -0.355. The van der Waals surface area contributed by atoms with Gasteiger partial charge < -0.3 is 14.7 Å². The van der Waals surface area contributed by atoms with Crippen LogP contribution in [0.1, 0.15) is 37.4 Å². The van der Waals surface area contributed by atoms with Crippen LogP contribution in [0, 0.1) is 5.92 Å². The van der Waals surface area contributed by atoms with Crippen LogP contribution in [-0.2, 0) is 0 Å². The maximum absolute atomic E-state index is 10.6. The van der Waals surface area contributed by atoms with Crippen molar-refractivity contribution in [3.8, 4) is 5.75 Å². The third-order valence-corrected chi connectivity index (χ3v) is 5.02. The van der Waals surface area contributed by atoms with E-state index in [4.69, 9.17) is 4.74 Å². The zero-order valence-electron chi connectivity index (χ0n) is 11.7. The van der Waals surface area contributed by atoms with Crippen molar-refractivity contribution in [3.05, 3.63) is 29.8 Å². The van der Waals surface area contributed by atoms with Crippen molar-refractivity contribution in [1.82, 2.24) is 4.90 Å². The summed E-state index contributed by atoms with van der Waals surface area (Å²) >= 11 is 0. The van der Waals surface area contributed by atoms with Gasteiger partial charge in [-0.3, -0.25) is 0 Å². The lowest BCUT2D eigenvalue weighted by Gasteiger charge is -2.38. The van der Waals surface area contributed by atoms with E-state index in [1.807, 2.05) is 24.3 Å². The van der Waals surface area contributed by atoms with Gasteiger partial charge in [0.05, 0.1) is 13.2 Å². The van der Waals surface area contributed by atoms with Crippen molar-refractivity contribution in [2.45, 2.75) is 43.9 Å². The van der Waals surface area contributed by atoms with Gasteiger partial charge in [0.15, 0.2) is 0 Å². The van der Waals surface area contributed by atoms with E-state index in [1.165, 1.54) is 12.8 Å². The molecule has 1 aromatic rings. The molecule has 104 valence electrons. The van der Waals surface area contributed by atoms with Crippen molar-refractivity contribution >= 4 is 0 Å². The predicted molar refractivity (Wildman–Crippen MR) is 75.3 cm³/mol. The fourth-order valence-corrected chi connectivity index (χ4v) is 3.81. The number of aliphatic hydroxyl groups is 1. The minimum Gasteiger partial charge on any atom is -0.497 e. The summed E-state index contributed by atoms with van der Waals surface area (Å²) in [5, 5.41) is 10.6. The van der Waals surface area contributed by atoms with Crippen LogP contribution in [0.4, 0.5) is 0 Å². The summed E-state index contributed by atoms with van der Waals surface area (Å²) in [5.74, 6) is 1.22. The molecule has 2 aliphatic heterocycles. The van der Waals surface area contributed by atoms with Gasteiger partial charge in [-0.1, -0.05) is 12.1 Å². The van der Waals surface area contributed by atoms with Gasteiger partial charge in [-0.15, -0.1) is 0 Å². The summed E-state index contributed by atoms with van der Waals surface area (Å²) in [6, 6.07) is 9.20. The highest BCUT2D eigenvalue weighted by Crippen LogP contribution is 2.42.